The zero-order valence-corrected chi connectivity index (χ0v) is 12.6. The van der Waals surface area contributed by atoms with Gasteiger partial charge in [-0.1, -0.05) is 34.1 Å². The Labute approximate surface area is 111 Å². The number of unbranched alkanes of at least 4 members (excludes halogenated alkanes) is 1. The zero-order chi connectivity index (χ0) is 13.8. The van der Waals surface area contributed by atoms with Crippen LogP contribution in [0, 0.1) is 0 Å². The van der Waals surface area contributed by atoms with E-state index in [4.69, 9.17) is 9.15 Å². The molecule has 0 radical (unpaired) electrons. The molecule has 0 spiro atoms. The predicted molar refractivity (Wildman–Crippen MR) is 76.5 cm³/mol. The van der Waals surface area contributed by atoms with E-state index < -0.39 is 0 Å². The van der Waals surface area contributed by atoms with Gasteiger partial charge in [0.05, 0.1) is 19.1 Å². The van der Waals surface area contributed by atoms with E-state index in [2.05, 4.69) is 33.8 Å². The summed E-state index contributed by atoms with van der Waals surface area (Å²) in [4.78, 5) is 0. The molecular formula is C16H26O2. The van der Waals surface area contributed by atoms with Crippen LogP contribution in [0.5, 0.6) is 0 Å². The SMILES string of the molecule is CCCC/C(=C(/C)OC)c1occc1C(C)(C)C. The van der Waals surface area contributed by atoms with Crippen LogP contribution in [0.4, 0.5) is 0 Å². The maximum absolute atomic E-state index is 5.74. The van der Waals surface area contributed by atoms with Gasteiger partial charge in [0.15, 0.2) is 0 Å². The maximum atomic E-state index is 5.74. The van der Waals surface area contributed by atoms with Crippen molar-refractivity contribution in [2.45, 2.75) is 59.3 Å². The normalized spacial score (nSPS) is 13.4. The Kier molecular flexibility index (Phi) is 5.06. The number of hydrogen-bond donors (Lipinski definition) is 0. The first kappa shape index (κ1) is 14.9. The van der Waals surface area contributed by atoms with E-state index in [1.54, 1.807) is 13.4 Å². The van der Waals surface area contributed by atoms with Crippen molar-refractivity contribution in [1.82, 2.24) is 0 Å². The minimum atomic E-state index is 0.0911. The molecule has 1 aromatic rings. The first-order chi connectivity index (χ1) is 8.41. The first-order valence-corrected chi connectivity index (χ1v) is 6.73. The minimum Gasteiger partial charge on any atom is -0.501 e. The highest BCUT2D eigenvalue weighted by Crippen LogP contribution is 2.35. The molecule has 0 aliphatic rings. The van der Waals surface area contributed by atoms with Gasteiger partial charge in [0, 0.05) is 11.1 Å². The van der Waals surface area contributed by atoms with Crippen molar-refractivity contribution in [3.05, 3.63) is 29.4 Å². The highest BCUT2D eigenvalue weighted by atomic mass is 16.5. The average molecular weight is 250 g/mol. The third-order valence-electron chi connectivity index (χ3n) is 3.26. The van der Waals surface area contributed by atoms with Gasteiger partial charge < -0.3 is 9.15 Å². The Morgan fingerprint density at radius 2 is 2.00 bits per heavy atom. The van der Waals surface area contributed by atoms with Gasteiger partial charge in [-0.05, 0) is 31.2 Å². The predicted octanol–water partition coefficient (Wildman–Crippen LogP) is 5.14. The van der Waals surface area contributed by atoms with E-state index in [9.17, 15) is 0 Å². The molecule has 2 heteroatoms. The zero-order valence-electron chi connectivity index (χ0n) is 12.6. The van der Waals surface area contributed by atoms with Crippen molar-refractivity contribution in [3.63, 3.8) is 0 Å². The summed E-state index contributed by atoms with van der Waals surface area (Å²) in [5.41, 5.74) is 2.55. The van der Waals surface area contributed by atoms with Crippen LogP contribution < -0.4 is 0 Å². The molecule has 2 nitrogen and oxygen atoms in total. The second-order valence-electron chi connectivity index (χ2n) is 5.76. The lowest BCUT2D eigenvalue weighted by Crippen LogP contribution is -2.12. The Morgan fingerprint density at radius 3 is 2.50 bits per heavy atom. The third kappa shape index (κ3) is 3.41. The number of ether oxygens (including phenoxy) is 1. The summed E-state index contributed by atoms with van der Waals surface area (Å²) in [7, 11) is 1.72. The number of hydrogen-bond acceptors (Lipinski definition) is 2. The van der Waals surface area contributed by atoms with Gasteiger partial charge in [-0.3, -0.25) is 0 Å². The number of rotatable bonds is 5. The van der Waals surface area contributed by atoms with Crippen LogP contribution in [0.2, 0.25) is 0 Å². The molecule has 0 N–H and O–H groups in total. The van der Waals surface area contributed by atoms with Gasteiger partial charge >= 0.3 is 0 Å². The third-order valence-corrected chi connectivity index (χ3v) is 3.26. The van der Waals surface area contributed by atoms with Crippen LogP contribution in [0.3, 0.4) is 0 Å². The van der Waals surface area contributed by atoms with Crippen LogP contribution in [-0.2, 0) is 10.2 Å². The largest absolute Gasteiger partial charge is 0.501 e. The summed E-state index contributed by atoms with van der Waals surface area (Å²) in [6, 6.07) is 2.07. The lowest BCUT2D eigenvalue weighted by atomic mass is 9.85. The number of furan rings is 1. The molecule has 0 fully saturated rings. The molecule has 1 heterocycles. The molecule has 0 saturated carbocycles. The van der Waals surface area contributed by atoms with Crippen molar-refractivity contribution in [3.8, 4) is 0 Å². The van der Waals surface area contributed by atoms with E-state index in [0.717, 1.165) is 24.4 Å². The van der Waals surface area contributed by atoms with Gasteiger partial charge in [0.25, 0.3) is 0 Å². The summed E-state index contributed by atoms with van der Waals surface area (Å²) < 4.78 is 11.2. The van der Waals surface area contributed by atoms with E-state index in [0.29, 0.717) is 0 Å². The van der Waals surface area contributed by atoms with Crippen LogP contribution in [0.1, 0.15) is 65.2 Å². The molecule has 0 unspecified atom stereocenters. The molecule has 0 amide bonds. The minimum absolute atomic E-state index is 0.0911. The molecule has 0 aromatic carbocycles. The lowest BCUT2D eigenvalue weighted by Gasteiger charge is -2.20. The Bertz CT molecular complexity index is 405. The van der Waals surface area contributed by atoms with E-state index in [1.807, 2.05) is 6.92 Å². The molecule has 1 rings (SSSR count). The number of allylic oxidation sites excluding steroid dienone is 2. The quantitative estimate of drug-likeness (QED) is 0.675. The fraction of sp³-hybridized carbons (Fsp3) is 0.625. The summed E-state index contributed by atoms with van der Waals surface area (Å²) >= 11 is 0. The fourth-order valence-corrected chi connectivity index (χ4v) is 2.06. The Balaban J connectivity index is 3.19. The van der Waals surface area contributed by atoms with Gasteiger partial charge in [0.1, 0.15) is 5.76 Å². The first-order valence-electron chi connectivity index (χ1n) is 6.73. The van der Waals surface area contributed by atoms with Crippen molar-refractivity contribution >= 4 is 5.57 Å². The number of methoxy groups -OCH3 is 1. The van der Waals surface area contributed by atoms with Gasteiger partial charge in [-0.25, -0.2) is 0 Å². The van der Waals surface area contributed by atoms with E-state index in [-0.39, 0.29) is 5.41 Å². The molecule has 102 valence electrons. The highest BCUT2D eigenvalue weighted by Gasteiger charge is 2.23. The van der Waals surface area contributed by atoms with Crippen molar-refractivity contribution in [2.24, 2.45) is 0 Å². The topological polar surface area (TPSA) is 22.4 Å². The summed E-state index contributed by atoms with van der Waals surface area (Å²) in [6.07, 6.45) is 5.12. The van der Waals surface area contributed by atoms with Crippen molar-refractivity contribution in [1.29, 1.82) is 0 Å². The summed E-state index contributed by atoms with van der Waals surface area (Å²) in [5, 5.41) is 0. The smallest absolute Gasteiger partial charge is 0.136 e. The van der Waals surface area contributed by atoms with Crippen molar-refractivity contribution in [2.75, 3.05) is 7.11 Å². The van der Waals surface area contributed by atoms with Gasteiger partial charge in [-0.15, -0.1) is 0 Å². The summed E-state index contributed by atoms with van der Waals surface area (Å²) in [6.45, 7) is 10.8. The van der Waals surface area contributed by atoms with Gasteiger partial charge in [-0.2, -0.15) is 0 Å². The van der Waals surface area contributed by atoms with E-state index >= 15 is 0 Å². The molecule has 0 bridgehead atoms. The molecule has 0 aliphatic carbocycles. The second kappa shape index (κ2) is 6.12. The highest BCUT2D eigenvalue weighted by molar-refractivity contribution is 5.66. The van der Waals surface area contributed by atoms with Crippen LogP contribution in [0.15, 0.2) is 22.5 Å². The molecule has 18 heavy (non-hydrogen) atoms. The molecule has 0 atom stereocenters. The standard InChI is InChI=1S/C16H26O2/c1-7-8-9-13(12(2)17-6)15-14(10-11-18-15)16(3,4)5/h10-11H,7-9H2,1-6H3/b13-12+. The fourth-order valence-electron chi connectivity index (χ4n) is 2.06. The van der Waals surface area contributed by atoms with Gasteiger partial charge in [0.2, 0.25) is 0 Å². The van der Waals surface area contributed by atoms with Crippen LogP contribution in [-0.4, -0.2) is 7.11 Å². The molecule has 0 saturated heterocycles. The lowest BCUT2D eigenvalue weighted by molar-refractivity contribution is 0.293. The molecule has 1 aromatic heterocycles. The van der Waals surface area contributed by atoms with Crippen LogP contribution in [0.25, 0.3) is 5.57 Å². The monoisotopic (exact) mass is 250 g/mol. The second-order valence-corrected chi connectivity index (χ2v) is 5.76. The summed E-state index contributed by atoms with van der Waals surface area (Å²) in [5.74, 6) is 1.96. The van der Waals surface area contributed by atoms with Crippen LogP contribution >= 0.6 is 0 Å². The average Bonchev–Trinajstić information content (AvgIpc) is 2.78. The van der Waals surface area contributed by atoms with E-state index in [1.165, 1.54) is 17.6 Å². The Morgan fingerprint density at radius 1 is 1.33 bits per heavy atom. The Hall–Kier alpha value is -1.18. The molecular weight excluding hydrogens is 224 g/mol. The molecule has 0 aliphatic heterocycles. The maximum Gasteiger partial charge on any atom is 0.136 e. The van der Waals surface area contributed by atoms with Crippen molar-refractivity contribution < 1.29 is 9.15 Å².